The highest BCUT2D eigenvalue weighted by atomic mass is 16.4. The van der Waals surface area contributed by atoms with Crippen LogP contribution in [0.15, 0.2) is 42.5 Å². The molecule has 2 aromatic rings. The lowest BCUT2D eigenvalue weighted by atomic mass is 10.1. The summed E-state index contributed by atoms with van der Waals surface area (Å²) in [5.41, 5.74) is 3.56. The standard InChI is InChI=1S/C16H14N2O3/c1-10-8-11(16(20)21)6-7-13(10)18-9-15(19)17-12-4-2-3-5-14(12)18/h2-8H,9H2,1H3,(H,17,19)(H,20,21). The van der Waals surface area contributed by atoms with Crippen LogP contribution in [0.2, 0.25) is 0 Å². The fourth-order valence-corrected chi connectivity index (χ4v) is 2.54. The van der Waals surface area contributed by atoms with Crippen molar-refractivity contribution in [3.63, 3.8) is 0 Å². The number of hydrogen-bond acceptors (Lipinski definition) is 3. The van der Waals surface area contributed by atoms with Gasteiger partial charge < -0.3 is 15.3 Å². The van der Waals surface area contributed by atoms with E-state index in [-0.39, 0.29) is 18.0 Å². The maximum absolute atomic E-state index is 11.8. The number of rotatable bonds is 2. The van der Waals surface area contributed by atoms with Crippen LogP contribution in [0, 0.1) is 6.92 Å². The highest BCUT2D eigenvalue weighted by Gasteiger charge is 2.24. The van der Waals surface area contributed by atoms with E-state index in [1.807, 2.05) is 36.1 Å². The average molecular weight is 282 g/mol. The number of hydrogen-bond donors (Lipinski definition) is 2. The minimum absolute atomic E-state index is 0.0876. The van der Waals surface area contributed by atoms with Gasteiger partial charge in [0.25, 0.3) is 0 Å². The first-order chi connectivity index (χ1) is 10.1. The molecule has 0 atom stereocenters. The first-order valence-electron chi connectivity index (χ1n) is 6.56. The second-order valence-corrected chi connectivity index (χ2v) is 4.96. The van der Waals surface area contributed by atoms with Crippen molar-refractivity contribution in [3.8, 4) is 0 Å². The lowest BCUT2D eigenvalue weighted by Gasteiger charge is -2.32. The SMILES string of the molecule is Cc1cc(C(=O)O)ccc1N1CC(=O)Nc2ccccc21. The molecule has 1 heterocycles. The van der Waals surface area contributed by atoms with Crippen molar-refractivity contribution in [2.75, 3.05) is 16.8 Å². The van der Waals surface area contributed by atoms with Gasteiger partial charge in [0.1, 0.15) is 6.54 Å². The van der Waals surface area contributed by atoms with Gasteiger partial charge in [0.15, 0.2) is 0 Å². The third kappa shape index (κ3) is 2.33. The maximum Gasteiger partial charge on any atom is 0.335 e. The van der Waals surface area contributed by atoms with Gasteiger partial charge in [-0.1, -0.05) is 12.1 Å². The highest BCUT2D eigenvalue weighted by molar-refractivity contribution is 6.03. The summed E-state index contributed by atoms with van der Waals surface area (Å²) < 4.78 is 0. The third-order valence-electron chi connectivity index (χ3n) is 3.51. The number of fused-ring (bicyclic) bond motifs is 1. The number of carboxylic acid groups (broad SMARTS) is 1. The summed E-state index contributed by atoms with van der Waals surface area (Å²) in [7, 11) is 0. The molecule has 2 aromatic carbocycles. The third-order valence-corrected chi connectivity index (χ3v) is 3.51. The second kappa shape index (κ2) is 4.94. The summed E-state index contributed by atoms with van der Waals surface area (Å²) in [4.78, 5) is 24.8. The van der Waals surface area contributed by atoms with Crippen LogP contribution in [0.3, 0.4) is 0 Å². The molecular formula is C16H14N2O3. The van der Waals surface area contributed by atoms with Crippen molar-refractivity contribution in [1.82, 2.24) is 0 Å². The smallest absolute Gasteiger partial charge is 0.335 e. The van der Waals surface area contributed by atoms with Gasteiger partial charge >= 0.3 is 5.97 Å². The molecule has 1 amide bonds. The summed E-state index contributed by atoms with van der Waals surface area (Å²) in [5.74, 6) is -1.04. The fourth-order valence-electron chi connectivity index (χ4n) is 2.54. The molecule has 0 saturated heterocycles. The van der Waals surface area contributed by atoms with Crippen LogP contribution in [0.5, 0.6) is 0 Å². The van der Waals surface area contributed by atoms with Crippen molar-refractivity contribution < 1.29 is 14.7 Å². The molecule has 21 heavy (non-hydrogen) atoms. The van der Waals surface area contributed by atoms with Crippen LogP contribution in [0.4, 0.5) is 17.1 Å². The molecule has 0 aliphatic carbocycles. The Hall–Kier alpha value is -2.82. The zero-order valence-electron chi connectivity index (χ0n) is 11.5. The van der Waals surface area contributed by atoms with Crippen molar-refractivity contribution in [1.29, 1.82) is 0 Å². The van der Waals surface area contributed by atoms with E-state index in [1.165, 1.54) is 0 Å². The number of carbonyl (C=O) groups excluding carboxylic acids is 1. The van der Waals surface area contributed by atoms with Gasteiger partial charge in [-0.05, 0) is 42.8 Å². The predicted octanol–water partition coefficient (Wildman–Crippen LogP) is 2.78. The Morgan fingerprint density at radius 1 is 1.19 bits per heavy atom. The molecule has 106 valence electrons. The highest BCUT2D eigenvalue weighted by Crippen LogP contribution is 2.36. The van der Waals surface area contributed by atoms with Crippen molar-refractivity contribution >= 4 is 28.9 Å². The zero-order chi connectivity index (χ0) is 15.0. The molecule has 1 aliphatic heterocycles. The van der Waals surface area contributed by atoms with E-state index >= 15 is 0 Å². The number of amides is 1. The number of carbonyl (C=O) groups is 2. The van der Waals surface area contributed by atoms with Crippen molar-refractivity contribution in [2.24, 2.45) is 0 Å². The topological polar surface area (TPSA) is 69.6 Å². The number of carboxylic acids is 1. The number of nitrogens with one attached hydrogen (secondary N) is 1. The quantitative estimate of drug-likeness (QED) is 0.888. The van der Waals surface area contributed by atoms with Crippen LogP contribution in [-0.2, 0) is 4.79 Å². The molecule has 0 bridgehead atoms. The number of aromatic carboxylic acids is 1. The van der Waals surface area contributed by atoms with Gasteiger partial charge in [-0.2, -0.15) is 0 Å². The minimum atomic E-state index is -0.957. The predicted molar refractivity (Wildman–Crippen MR) is 80.2 cm³/mol. The Morgan fingerprint density at radius 2 is 1.95 bits per heavy atom. The van der Waals surface area contributed by atoms with Gasteiger partial charge in [0, 0.05) is 5.69 Å². The number of para-hydroxylation sites is 2. The van der Waals surface area contributed by atoms with E-state index < -0.39 is 5.97 Å². The number of nitrogens with zero attached hydrogens (tertiary/aromatic N) is 1. The van der Waals surface area contributed by atoms with Gasteiger partial charge in [0.05, 0.1) is 16.9 Å². The Bertz CT molecular complexity index is 740. The number of aryl methyl sites for hydroxylation is 1. The monoisotopic (exact) mass is 282 g/mol. The van der Waals surface area contributed by atoms with Crippen molar-refractivity contribution in [3.05, 3.63) is 53.6 Å². The molecule has 0 radical (unpaired) electrons. The molecule has 0 spiro atoms. The van der Waals surface area contributed by atoms with Gasteiger partial charge in [-0.25, -0.2) is 4.79 Å². The molecule has 3 rings (SSSR count). The lowest BCUT2D eigenvalue weighted by Crippen LogP contribution is -2.35. The molecule has 1 aliphatic rings. The molecule has 0 saturated carbocycles. The van der Waals surface area contributed by atoms with E-state index in [0.29, 0.717) is 0 Å². The van der Waals surface area contributed by atoms with E-state index in [0.717, 1.165) is 22.6 Å². The van der Waals surface area contributed by atoms with Crippen LogP contribution < -0.4 is 10.2 Å². The minimum Gasteiger partial charge on any atom is -0.478 e. The van der Waals surface area contributed by atoms with Crippen LogP contribution in [0.1, 0.15) is 15.9 Å². The van der Waals surface area contributed by atoms with E-state index in [2.05, 4.69) is 5.32 Å². The summed E-state index contributed by atoms with van der Waals surface area (Å²) >= 11 is 0. The Balaban J connectivity index is 2.09. The van der Waals surface area contributed by atoms with Crippen LogP contribution in [0.25, 0.3) is 0 Å². The van der Waals surface area contributed by atoms with Gasteiger partial charge in [-0.15, -0.1) is 0 Å². The largest absolute Gasteiger partial charge is 0.478 e. The molecule has 0 fully saturated rings. The summed E-state index contributed by atoms with van der Waals surface area (Å²) in [6, 6.07) is 12.5. The number of anilines is 3. The van der Waals surface area contributed by atoms with Crippen molar-refractivity contribution in [2.45, 2.75) is 6.92 Å². The van der Waals surface area contributed by atoms with E-state index in [4.69, 9.17) is 5.11 Å². The Kier molecular flexibility index (Phi) is 3.10. The first kappa shape index (κ1) is 13.2. The van der Waals surface area contributed by atoms with E-state index in [1.54, 1.807) is 18.2 Å². The van der Waals surface area contributed by atoms with Crippen LogP contribution >= 0.6 is 0 Å². The molecule has 0 aromatic heterocycles. The molecule has 5 heteroatoms. The molecule has 2 N–H and O–H groups in total. The average Bonchev–Trinajstić information content (AvgIpc) is 2.46. The van der Waals surface area contributed by atoms with Crippen LogP contribution in [-0.4, -0.2) is 23.5 Å². The molecule has 0 unspecified atom stereocenters. The molecule has 5 nitrogen and oxygen atoms in total. The van der Waals surface area contributed by atoms with Gasteiger partial charge in [-0.3, -0.25) is 4.79 Å². The Morgan fingerprint density at radius 3 is 2.67 bits per heavy atom. The Labute approximate surface area is 121 Å². The lowest BCUT2D eigenvalue weighted by molar-refractivity contribution is -0.115. The maximum atomic E-state index is 11.8. The summed E-state index contributed by atoms with van der Waals surface area (Å²) in [6.07, 6.45) is 0. The van der Waals surface area contributed by atoms with Gasteiger partial charge in [0.2, 0.25) is 5.91 Å². The number of benzene rings is 2. The fraction of sp³-hybridized carbons (Fsp3) is 0.125. The van der Waals surface area contributed by atoms with E-state index in [9.17, 15) is 9.59 Å². The normalized spacial score (nSPS) is 13.6. The first-order valence-corrected chi connectivity index (χ1v) is 6.56. The second-order valence-electron chi connectivity index (χ2n) is 4.96. The zero-order valence-corrected chi connectivity index (χ0v) is 11.5. The summed E-state index contributed by atoms with van der Waals surface area (Å²) in [5, 5.41) is 11.9. The molecular weight excluding hydrogens is 268 g/mol. The summed E-state index contributed by atoms with van der Waals surface area (Å²) in [6.45, 7) is 2.06.